The normalized spacial score (nSPS) is 19.7. The number of halogens is 4. The first-order valence-electron chi connectivity index (χ1n) is 15.1. The van der Waals surface area contributed by atoms with Crippen molar-refractivity contribution in [3.8, 4) is 17.2 Å². The summed E-state index contributed by atoms with van der Waals surface area (Å²) >= 11 is 3.48. The highest BCUT2D eigenvalue weighted by Gasteiger charge is 2.49. The molecule has 0 spiro atoms. The molecule has 246 valence electrons. The fourth-order valence-corrected chi connectivity index (χ4v) is 7.45. The molecule has 0 N–H and O–H groups in total. The maximum atomic E-state index is 14.0. The van der Waals surface area contributed by atoms with E-state index in [1.807, 2.05) is 0 Å². The number of rotatable bonds is 7. The van der Waals surface area contributed by atoms with Gasteiger partial charge in [-0.3, -0.25) is 19.7 Å². The van der Waals surface area contributed by atoms with Crippen LogP contribution < -0.4 is 9.47 Å². The van der Waals surface area contributed by atoms with Crippen molar-refractivity contribution in [1.29, 1.82) is 0 Å². The summed E-state index contributed by atoms with van der Waals surface area (Å²) in [4.78, 5) is 41.0. The maximum Gasteiger partial charge on any atom is 0.416 e. The van der Waals surface area contributed by atoms with Gasteiger partial charge in [-0.15, -0.1) is 0 Å². The van der Waals surface area contributed by atoms with Gasteiger partial charge in [-0.2, -0.15) is 13.2 Å². The quantitative estimate of drug-likeness (QED) is 0.209. The molecule has 12 heteroatoms. The smallest absolute Gasteiger partial charge is 0.416 e. The zero-order valence-corrected chi connectivity index (χ0v) is 28.1. The first kappa shape index (κ1) is 33.7. The highest BCUT2D eigenvalue weighted by molar-refractivity contribution is 9.10. The molecule has 2 aromatic rings. The second-order valence-corrected chi connectivity index (χ2v) is 14.6. The molecule has 46 heavy (non-hydrogen) atoms. The fourth-order valence-electron chi connectivity index (χ4n) is 6.91. The summed E-state index contributed by atoms with van der Waals surface area (Å²) in [6.45, 7) is 11.0. The third-order valence-electron chi connectivity index (χ3n) is 8.75. The van der Waals surface area contributed by atoms with Gasteiger partial charge >= 0.3 is 11.9 Å². The van der Waals surface area contributed by atoms with Gasteiger partial charge in [0, 0.05) is 53.9 Å². The highest BCUT2D eigenvalue weighted by Crippen LogP contribution is 2.56. The van der Waals surface area contributed by atoms with E-state index in [1.165, 1.54) is 7.11 Å². The van der Waals surface area contributed by atoms with Gasteiger partial charge in [-0.05, 0) is 75.9 Å². The SMILES string of the molecule is CCCN1C2=C(C(=O)CC(C)(C)C2)C(c2cc(Br)c(Oc3ccc(C(F)(F)F)cc3[N+](=O)[O-])c(OC)c2)C2=C1CC(C)(C)CC2=O. The first-order chi connectivity index (χ1) is 21.4. The number of allylic oxidation sites excluding steroid dienone is 4. The topological polar surface area (TPSA) is 99.0 Å². The molecule has 2 aliphatic carbocycles. The molecular formula is C34H36BrF3N2O6. The summed E-state index contributed by atoms with van der Waals surface area (Å²) < 4.78 is 51.6. The molecule has 3 aliphatic rings. The Morgan fingerprint density at radius 3 is 2.00 bits per heavy atom. The minimum absolute atomic E-state index is 0.00635. The second-order valence-electron chi connectivity index (χ2n) is 13.8. The average molecular weight is 706 g/mol. The standard InChI is InChI=1S/C34H36BrF3N2O6/c1-7-10-39-22-14-32(2,3)16-24(41)29(22)28(30-23(39)15-33(4,5)17-25(30)42)18-11-20(35)31(27(12-18)45-6)46-26-9-8-19(34(36,37)38)13-21(26)40(43)44/h8-9,11-13,28H,7,10,14-17H2,1-6H3. The van der Waals surface area contributed by atoms with E-state index >= 15 is 0 Å². The van der Waals surface area contributed by atoms with Crippen LogP contribution in [-0.4, -0.2) is 35.0 Å². The number of nitro benzene ring substituents is 1. The predicted molar refractivity (Wildman–Crippen MR) is 169 cm³/mol. The van der Waals surface area contributed by atoms with E-state index < -0.39 is 34.0 Å². The zero-order chi connectivity index (χ0) is 33.9. The Balaban J connectivity index is 1.69. The molecule has 1 aliphatic heterocycles. The van der Waals surface area contributed by atoms with E-state index in [9.17, 15) is 32.9 Å². The Kier molecular flexibility index (Phi) is 8.68. The number of alkyl halides is 3. The summed E-state index contributed by atoms with van der Waals surface area (Å²) in [6.07, 6.45) is -2.00. The molecule has 1 heterocycles. The largest absolute Gasteiger partial charge is 0.493 e. The molecule has 0 saturated carbocycles. The third kappa shape index (κ3) is 6.20. The van der Waals surface area contributed by atoms with E-state index in [-0.39, 0.29) is 38.4 Å². The van der Waals surface area contributed by atoms with Crippen LogP contribution in [0.5, 0.6) is 17.2 Å². The zero-order valence-electron chi connectivity index (χ0n) is 26.6. The number of carbonyl (C=O) groups excluding carboxylic acids is 2. The lowest BCUT2D eigenvalue weighted by atomic mass is 9.63. The van der Waals surface area contributed by atoms with Crippen molar-refractivity contribution in [2.75, 3.05) is 13.7 Å². The lowest BCUT2D eigenvalue weighted by Crippen LogP contribution is -2.44. The van der Waals surface area contributed by atoms with Gasteiger partial charge in [0.1, 0.15) is 0 Å². The second kappa shape index (κ2) is 11.8. The molecule has 0 fully saturated rings. The Labute approximate surface area is 273 Å². The van der Waals surface area contributed by atoms with E-state index in [0.717, 1.165) is 23.9 Å². The van der Waals surface area contributed by atoms with Crippen LogP contribution in [0.25, 0.3) is 0 Å². The Morgan fingerprint density at radius 2 is 1.52 bits per heavy atom. The molecule has 0 aromatic heterocycles. The van der Waals surface area contributed by atoms with Gasteiger partial charge < -0.3 is 14.4 Å². The summed E-state index contributed by atoms with van der Waals surface area (Å²) in [6, 6.07) is 5.33. The average Bonchev–Trinajstić information content (AvgIpc) is 2.92. The van der Waals surface area contributed by atoms with Crippen LogP contribution in [-0.2, 0) is 15.8 Å². The van der Waals surface area contributed by atoms with Crippen LogP contribution in [0.3, 0.4) is 0 Å². The van der Waals surface area contributed by atoms with Crippen LogP contribution in [0, 0.1) is 20.9 Å². The number of hydrogen-bond acceptors (Lipinski definition) is 7. The van der Waals surface area contributed by atoms with Crippen molar-refractivity contribution in [2.45, 2.75) is 78.8 Å². The van der Waals surface area contributed by atoms with E-state index in [0.29, 0.717) is 61.1 Å². The summed E-state index contributed by atoms with van der Waals surface area (Å²) in [5.41, 5.74) is 1.01. The number of carbonyl (C=O) groups is 2. The molecule has 5 rings (SSSR count). The minimum atomic E-state index is -4.78. The van der Waals surface area contributed by atoms with Crippen molar-refractivity contribution in [2.24, 2.45) is 10.8 Å². The number of benzene rings is 2. The Hall–Kier alpha value is -3.67. The molecule has 0 radical (unpaired) electrons. The summed E-state index contributed by atoms with van der Waals surface area (Å²) in [5, 5.41) is 11.7. The molecule has 0 amide bonds. The van der Waals surface area contributed by atoms with Crippen LogP contribution in [0.4, 0.5) is 18.9 Å². The van der Waals surface area contributed by atoms with E-state index in [1.54, 1.807) is 12.1 Å². The van der Waals surface area contributed by atoms with Gasteiger partial charge in [0.2, 0.25) is 5.75 Å². The highest BCUT2D eigenvalue weighted by atomic mass is 79.9. The number of nitrogens with zero attached hydrogens (tertiary/aromatic N) is 2. The number of hydrogen-bond donors (Lipinski definition) is 0. The van der Waals surface area contributed by atoms with Gasteiger partial charge in [0.05, 0.1) is 22.1 Å². The number of nitro groups is 1. The molecule has 2 aromatic carbocycles. The number of Topliss-reactive ketones (excluding diaryl/α,β-unsaturated/α-hetero) is 2. The Bertz CT molecular complexity index is 1650. The molecule has 0 saturated heterocycles. The van der Waals surface area contributed by atoms with Crippen molar-refractivity contribution >= 4 is 33.2 Å². The predicted octanol–water partition coefficient (Wildman–Crippen LogP) is 9.27. The lowest BCUT2D eigenvalue weighted by molar-refractivity contribution is -0.385. The van der Waals surface area contributed by atoms with Crippen molar-refractivity contribution < 1.29 is 37.2 Å². The monoisotopic (exact) mass is 704 g/mol. The van der Waals surface area contributed by atoms with Gasteiger partial charge in [-0.1, -0.05) is 34.6 Å². The molecule has 0 bridgehead atoms. The fraction of sp³-hybridized carbons (Fsp3) is 0.471. The number of ketones is 2. The molecular weight excluding hydrogens is 669 g/mol. The van der Waals surface area contributed by atoms with Crippen LogP contribution in [0.1, 0.15) is 83.8 Å². The van der Waals surface area contributed by atoms with Crippen LogP contribution >= 0.6 is 15.9 Å². The maximum absolute atomic E-state index is 14.0. The van der Waals surface area contributed by atoms with Crippen molar-refractivity contribution in [3.63, 3.8) is 0 Å². The lowest BCUT2D eigenvalue weighted by Gasteiger charge is -2.49. The van der Waals surface area contributed by atoms with E-state index in [2.05, 4.69) is 55.4 Å². The summed E-state index contributed by atoms with van der Waals surface area (Å²) in [5.74, 6) is -1.04. The van der Waals surface area contributed by atoms with Crippen molar-refractivity contribution in [1.82, 2.24) is 4.90 Å². The molecule has 0 atom stereocenters. The van der Waals surface area contributed by atoms with Gasteiger partial charge in [0.15, 0.2) is 23.1 Å². The Morgan fingerprint density at radius 1 is 0.957 bits per heavy atom. The molecule has 8 nitrogen and oxygen atoms in total. The minimum Gasteiger partial charge on any atom is -0.493 e. The summed E-state index contributed by atoms with van der Waals surface area (Å²) in [7, 11) is 1.36. The van der Waals surface area contributed by atoms with Gasteiger partial charge in [0.25, 0.3) is 0 Å². The van der Waals surface area contributed by atoms with E-state index in [4.69, 9.17) is 9.47 Å². The first-order valence-corrected chi connectivity index (χ1v) is 15.9. The van der Waals surface area contributed by atoms with Crippen molar-refractivity contribution in [3.05, 3.63) is 78.6 Å². The van der Waals surface area contributed by atoms with Crippen LogP contribution in [0.15, 0.2) is 57.3 Å². The number of ether oxygens (including phenoxy) is 2. The van der Waals surface area contributed by atoms with Gasteiger partial charge in [-0.25, -0.2) is 0 Å². The third-order valence-corrected chi connectivity index (χ3v) is 9.34. The number of methoxy groups -OCH3 is 1. The molecule has 0 unspecified atom stereocenters. The van der Waals surface area contributed by atoms with Crippen LogP contribution in [0.2, 0.25) is 0 Å².